The maximum atomic E-state index is 13.0. The number of para-hydroxylation sites is 2. The van der Waals surface area contributed by atoms with Gasteiger partial charge < -0.3 is 19.7 Å². The van der Waals surface area contributed by atoms with Crippen LogP contribution in [0.25, 0.3) is 16.6 Å². The molecule has 0 spiro atoms. The van der Waals surface area contributed by atoms with E-state index in [1.54, 1.807) is 17.0 Å². The average Bonchev–Trinajstić information content (AvgIpc) is 2.90. The minimum atomic E-state index is -0.146. The molecule has 0 atom stereocenters. The Morgan fingerprint density at radius 2 is 1.71 bits per heavy atom. The van der Waals surface area contributed by atoms with Gasteiger partial charge in [-0.15, -0.1) is 0 Å². The maximum absolute atomic E-state index is 13.0. The van der Waals surface area contributed by atoms with Gasteiger partial charge in [0.25, 0.3) is 0 Å². The molecule has 0 aliphatic carbocycles. The zero-order valence-corrected chi connectivity index (χ0v) is 19.2. The van der Waals surface area contributed by atoms with Gasteiger partial charge in [-0.05, 0) is 24.3 Å². The van der Waals surface area contributed by atoms with E-state index in [1.165, 1.54) is 6.20 Å². The van der Waals surface area contributed by atoms with Crippen LogP contribution in [-0.2, 0) is 9.53 Å². The number of benzene rings is 2. The van der Waals surface area contributed by atoms with Crippen molar-refractivity contribution in [1.82, 2.24) is 14.5 Å². The summed E-state index contributed by atoms with van der Waals surface area (Å²) < 4.78 is 13.1. The Hall–Kier alpha value is -4.17. The van der Waals surface area contributed by atoms with Crippen molar-refractivity contribution in [2.75, 3.05) is 38.2 Å². The van der Waals surface area contributed by atoms with Crippen LogP contribution in [0.4, 0.5) is 11.5 Å². The van der Waals surface area contributed by atoms with Crippen LogP contribution in [0.3, 0.4) is 0 Å². The first kappa shape index (κ1) is 22.6. The number of carbonyl (C=O) groups excluding carboxylic acids is 1. The van der Waals surface area contributed by atoms with Gasteiger partial charge in [-0.2, -0.15) is 0 Å². The van der Waals surface area contributed by atoms with Crippen molar-refractivity contribution in [2.45, 2.75) is 6.42 Å². The van der Waals surface area contributed by atoms with Crippen LogP contribution in [0.2, 0.25) is 0 Å². The minimum absolute atomic E-state index is 0.0321. The van der Waals surface area contributed by atoms with Crippen LogP contribution in [0.5, 0.6) is 5.88 Å². The number of hydrogen-bond donors (Lipinski definition) is 1. The summed E-state index contributed by atoms with van der Waals surface area (Å²) in [5.74, 6) is 1.01. The number of carbonyl (C=O) groups is 1. The van der Waals surface area contributed by atoms with Gasteiger partial charge in [0.05, 0.1) is 37.1 Å². The van der Waals surface area contributed by atoms with E-state index in [0.717, 1.165) is 11.4 Å². The molecule has 1 amide bonds. The molecule has 0 bridgehead atoms. The number of fused-ring (bicyclic) bond motifs is 1. The molecule has 35 heavy (non-hydrogen) atoms. The second-order valence-electron chi connectivity index (χ2n) is 8.19. The summed E-state index contributed by atoms with van der Waals surface area (Å²) in [6.45, 7) is 2.54. The molecule has 0 saturated carbocycles. The molecule has 1 aliphatic rings. The molecule has 4 aromatic rings. The first-order valence-electron chi connectivity index (χ1n) is 11.6. The van der Waals surface area contributed by atoms with Gasteiger partial charge in [0, 0.05) is 42.8 Å². The molecule has 1 aliphatic heterocycles. The second kappa shape index (κ2) is 10.4. The van der Waals surface area contributed by atoms with E-state index in [9.17, 15) is 9.59 Å². The molecule has 1 saturated heterocycles. The smallest absolute Gasteiger partial charge is 0.226 e. The number of hydrogen-bond acceptors (Lipinski definition) is 6. The summed E-state index contributed by atoms with van der Waals surface area (Å²) in [5.41, 5.74) is 2.26. The van der Waals surface area contributed by atoms with Crippen molar-refractivity contribution in [3.8, 4) is 11.6 Å². The van der Waals surface area contributed by atoms with Crippen molar-refractivity contribution in [3.05, 3.63) is 89.2 Å². The van der Waals surface area contributed by atoms with E-state index in [-0.39, 0.29) is 24.4 Å². The van der Waals surface area contributed by atoms with Crippen molar-refractivity contribution in [1.29, 1.82) is 0 Å². The fourth-order valence-corrected chi connectivity index (χ4v) is 4.11. The number of anilines is 2. The number of amides is 1. The van der Waals surface area contributed by atoms with E-state index in [4.69, 9.17) is 9.47 Å². The van der Waals surface area contributed by atoms with Crippen LogP contribution >= 0.6 is 0 Å². The van der Waals surface area contributed by atoms with Crippen molar-refractivity contribution < 1.29 is 14.3 Å². The van der Waals surface area contributed by atoms with E-state index in [2.05, 4.69) is 10.3 Å². The van der Waals surface area contributed by atoms with Gasteiger partial charge in [-0.3, -0.25) is 14.2 Å². The van der Waals surface area contributed by atoms with Crippen LogP contribution in [-0.4, -0.2) is 53.3 Å². The quantitative estimate of drug-likeness (QED) is 0.443. The van der Waals surface area contributed by atoms with Crippen molar-refractivity contribution >= 4 is 28.3 Å². The lowest BCUT2D eigenvalue weighted by molar-refractivity contribution is -0.135. The third-order valence-electron chi connectivity index (χ3n) is 5.86. The second-order valence-corrected chi connectivity index (χ2v) is 8.19. The minimum Gasteiger partial charge on any atom is -0.477 e. The lowest BCUT2D eigenvalue weighted by Crippen LogP contribution is -2.41. The first-order chi connectivity index (χ1) is 17.2. The molecule has 2 aromatic heterocycles. The molecule has 0 unspecified atom stereocenters. The van der Waals surface area contributed by atoms with Gasteiger partial charge in [-0.25, -0.2) is 4.98 Å². The summed E-state index contributed by atoms with van der Waals surface area (Å²) in [6, 6.07) is 22.8. The Labute approximate surface area is 202 Å². The Kier molecular flexibility index (Phi) is 6.72. The number of morpholine rings is 1. The highest BCUT2D eigenvalue weighted by Crippen LogP contribution is 2.26. The van der Waals surface area contributed by atoms with Gasteiger partial charge in [-0.1, -0.05) is 36.4 Å². The molecular weight excluding hydrogens is 444 g/mol. The lowest BCUT2D eigenvalue weighted by atomic mass is 10.2. The summed E-state index contributed by atoms with van der Waals surface area (Å²) in [5, 5.41) is 3.84. The molecule has 8 nitrogen and oxygen atoms in total. The number of rotatable bonds is 7. The van der Waals surface area contributed by atoms with Crippen LogP contribution in [0.15, 0.2) is 83.8 Å². The predicted molar refractivity (Wildman–Crippen MR) is 135 cm³/mol. The van der Waals surface area contributed by atoms with Crippen molar-refractivity contribution in [3.63, 3.8) is 0 Å². The lowest BCUT2D eigenvalue weighted by Gasteiger charge is -2.26. The highest BCUT2D eigenvalue weighted by Gasteiger charge is 2.17. The van der Waals surface area contributed by atoms with Crippen LogP contribution in [0, 0.1) is 0 Å². The van der Waals surface area contributed by atoms with E-state index >= 15 is 0 Å². The fraction of sp³-hybridized carbons (Fsp3) is 0.222. The van der Waals surface area contributed by atoms with Crippen LogP contribution < -0.4 is 15.5 Å². The number of aromatic nitrogens is 2. The Morgan fingerprint density at radius 1 is 1.00 bits per heavy atom. The topological polar surface area (TPSA) is 85.7 Å². The zero-order chi connectivity index (χ0) is 24.0. The zero-order valence-electron chi connectivity index (χ0n) is 19.2. The number of ether oxygens (including phenoxy) is 2. The van der Waals surface area contributed by atoms with E-state index in [0.29, 0.717) is 48.9 Å². The first-order valence-corrected chi connectivity index (χ1v) is 11.6. The molecule has 3 heterocycles. The number of nitrogens with zero attached hydrogens (tertiary/aromatic N) is 3. The predicted octanol–water partition coefficient (Wildman–Crippen LogP) is 3.76. The molecule has 2 aromatic carbocycles. The van der Waals surface area contributed by atoms with Gasteiger partial charge >= 0.3 is 0 Å². The fourth-order valence-electron chi connectivity index (χ4n) is 4.11. The van der Waals surface area contributed by atoms with Gasteiger partial charge in [0.2, 0.25) is 11.8 Å². The molecule has 5 rings (SSSR count). The third kappa shape index (κ3) is 5.17. The monoisotopic (exact) mass is 470 g/mol. The highest BCUT2D eigenvalue weighted by atomic mass is 16.5. The van der Waals surface area contributed by atoms with Gasteiger partial charge in [0.1, 0.15) is 5.82 Å². The largest absolute Gasteiger partial charge is 0.477 e. The molecule has 178 valence electrons. The molecule has 8 heteroatoms. The maximum Gasteiger partial charge on any atom is 0.226 e. The Morgan fingerprint density at radius 3 is 2.46 bits per heavy atom. The molecule has 1 fully saturated rings. The molecular formula is C27H26N4O4. The Balaban J connectivity index is 1.47. The molecule has 0 radical (unpaired) electrons. The summed E-state index contributed by atoms with van der Waals surface area (Å²) in [7, 11) is 0. The normalized spacial score (nSPS) is 13.5. The van der Waals surface area contributed by atoms with Crippen LogP contribution in [0.1, 0.15) is 6.42 Å². The highest BCUT2D eigenvalue weighted by molar-refractivity contribution is 5.84. The van der Waals surface area contributed by atoms with Crippen molar-refractivity contribution in [2.24, 2.45) is 0 Å². The number of nitrogens with one attached hydrogen (secondary N) is 1. The molecule has 1 N–H and O–H groups in total. The Bertz CT molecular complexity index is 1370. The van der Waals surface area contributed by atoms with E-state index < -0.39 is 0 Å². The van der Waals surface area contributed by atoms with Gasteiger partial charge in [0.15, 0.2) is 5.43 Å². The average molecular weight is 471 g/mol. The SMILES string of the molecule is O=C(CCOc1cc2c(cn1)c(=O)cc(Nc1ccccc1)n2-c1ccccc1)N1CCOCC1. The third-order valence-corrected chi connectivity index (χ3v) is 5.86. The standard InChI is InChI=1S/C27H26N4O4/c32-24-18-25(29-20-7-3-1-4-8-20)31(21-9-5-2-6-10-21)23-17-26(28-19-22(23)24)35-14-11-27(33)30-12-15-34-16-13-30/h1-10,17-19,29H,11-16H2. The summed E-state index contributed by atoms with van der Waals surface area (Å²) in [4.78, 5) is 31.5. The summed E-state index contributed by atoms with van der Waals surface area (Å²) in [6.07, 6.45) is 1.78. The summed E-state index contributed by atoms with van der Waals surface area (Å²) >= 11 is 0. The van der Waals surface area contributed by atoms with E-state index in [1.807, 2.05) is 65.2 Å². The number of pyridine rings is 2.